The second-order valence-corrected chi connectivity index (χ2v) is 4.96. The summed E-state index contributed by atoms with van der Waals surface area (Å²) >= 11 is 0. The molecule has 0 aromatic heterocycles. The Labute approximate surface area is 124 Å². The Morgan fingerprint density at radius 3 is 3.00 bits per heavy atom. The first-order valence-electron chi connectivity index (χ1n) is 6.92. The third kappa shape index (κ3) is 3.98. The number of urea groups is 1. The van der Waals surface area contributed by atoms with Gasteiger partial charge in [-0.1, -0.05) is 6.08 Å². The van der Waals surface area contributed by atoms with Crippen LogP contribution in [0.3, 0.4) is 0 Å². The molecule has 1 aromatic rings. The zero-order valence-electron chi connectivity index (χ0n) is 11.9. The van der Waals surface area contributed by atoms with Crippen molar-refractivity contribution in [1.29, 1.82) is 0 Å². The predicted octanol–water partition coefficient (Wildman–Crippen LogP) is 1.03. The molecule has 6 heteroatoms. The Morgan fingerprint density at radius 1 is 1.43 bits per heavy atom. The van der Waals surface area contributed by atoms with E-state index in [0.717, 1.165) is 36.3 Å². The number of nitrogens with two attached hydrogens (primary N) is 1. The van der Waals surface area contributed by atoms with E-state index in [4.69, 9.17) is 5.73 Å². The van der Waals surface area contributed by atoms with Crippen molar-refractivity contribution in [3.63, 3.8) is 0 Å². The minimum absolute atomic E-state index is 0.151. The third-order valence-electron chi connectivity index (χ3n) is 3.31. The lowest BCUT2D eigenvalue weighted by atomic mass is 10.0. The second kappa shape index (κ2) is 6.78. The highest BCUT2D eigenvalue weighted by Crippen LogP contribution is 2.28. The van der Waals surface area contributed by atoms with E-state index in [1.807, 2.05) is 23.1 Å². The van der Waals surface area contributed by atoms with E-state index in [0.29, 0.717) is 6.54 Å². The SMILES string of the molecule is C=CCNC(=O)NC(=O)CN1CCCc2cc(N)ccc21. The van der Waals surface area contributed by atoms with Crippen molar-refractivity contribution in [1.82, 2.24) is 10.6 Å². The molecule has 0 bridgehead atoms. The quantitative estimate of drug-likeness (QED) is 0.570. The van der Waals surface area contributed by atoms with Crippen LogP contribution in [0.5, 0.6) is 0 Å². The van der Waals surface area contributed by atoms with Crippen molar-refractivity contribution in [2.75, 3.05) is 30.3 Å². The number of nitrogen functional groups attached to an aromatic ring is 1. The maximum atomic E-state index is 11.9. The van der Waals surface area contributed by atoms with Crippen LogP contribution in [0.4, 0.5) is 16.2 Å². The van der Waals surface area contributed by atoms with E-state index >= 15 is 0 Å². The molecule has 0 radical (unpaired) electrons. The number of nitrogens with one attached hydrogen (secondary N) is 2. The van der Waals surface area contributed by atoms with Crippen LogP contribution < -0.4 is 21.3 Å². The Bertz CT molecular complexity index is 557. The van der Waals surface area contributed by atoms with Crippen LogP contribution >= 0.6 is 0 Å². The normalized spacial score (nSPS) is 13.2. The number of benzene rings is 1. The molecule has 1 aromatic carbocycles. The summed E-state index contributed by atoms with van der Waals surface area (Å²) in [5.41, 5.74) is 8.66. The lowest BCUT2D eigenvalue weighted by Gasteiger charge is -2.30. The zero-order chi connectivity index (χ0) is 15.2. The molecule has 0 atom stereocenters. The molecule has 4 N–H and O–H groups in total. The van der Waals surface area contributed by atoms with E-state index in [2.05, 4.69) is 17.2 Å². The van der Waals surface area contributed by atoms with Crippen LogP contribution in [0, 0.1) is 0 Å². The van der Waals surface area contributed by atoms with Crippen molar-refractivity contribution in [2.45, 2.75) is 12.8 Å². The monoisotopic (exact) mass is 288 g/mol. The van der Waals surface area contributed by atoms with Gasteiger partial charge in [-0.3, -0.25) is 10.1 Å². The minimum atomic E-state index is -0.505. The van der Waals surface area contributed by atoms with Crippen LogP contribution in [0.1, 0.15) is 12.0 Å². The Morgan fingerprint density at radius 2 is 2.24 bits per heavy atom. The number of aryl methyl sites for hydroxylation is 1. The summed E-state index contributed by atoms with van der Waals surface area (Å²) < 4.78 is 0. The lowest BCUT2D eigenvalue weighted by Crippen LogP contribution is -2.45. The molecule has 112 valence electrons. The number of amides is 3. The van der Waals surface area contributed by atoms with E-state index in [1.54, 1.807) is 6.08 Å². The fourth-order valence-electron chi connectivity index (χ4n) is 2.41. The van der Waals surface area contributed by atoms with Gasteiger partial charge in [0.15, 0.2) is 0 Å². The second-order valence-electron chi connectivity index (χ2n) is 4.96. The number of nitrogens with zero attached hydrogens (tertiary/aromatic N) is 1. The summed E-state index contributed by atoms with van der Waals surface area (Å²) in [6.07, 6.45) is 3.47. The first-order valence-corrected chi connectivity index (χ1v) is 6.92. The van der Waals surface area contributed by atoms with E-state index < -0.39 is 6.03 Å². The van der Waals surface area contributed by atoms with Gasteiger partial charge < -0.3 is 16.0 Å². The fraction of sp³-hybridized carbons (Fsp3) is 0.333. The van der Waals surface area contributed by atoms with Crippen molar-refractivity contribution in [3.8, 4) is 0 Å². The van der Waals surface area contributed by atoms with Gasteiger partial charge in [0.25, 0.3) is 0 Å². The summed E-state index contributed by atoms with van der Waals surface area (Å²) in [6.45, 7) is 4.76. The summed E-state index contributed by atoms with van der Waals surface area (Å²) in [7, 11) is 0. The Balaban J connectivity index is 1.96. The average Bonchev–Trinajstić information content (AvgIpc) is 2.44. The number of anilines is 2. The average molecular weight is 288 g/mol. The summed E-state index contributed by atoms with van der Waals surface area (Å²) in [5.74, 6) is -0.332. The number of carbonyl (C=O) groups is 2. The van der Waals surface area contributed by atoms with Gasteiger partial charge in [0.05, 0.1) is 6.54 Å². The number of carbonyl (C=O) groups excluding carboxylic acids is 2. The highest BCUT2D eigenvalue weighted by atomic mass is 16.2. The number of rotatable bonds is 4. The van der Waals surface area contributed by atoms with Crippen molar-refractivity contribution in [2.24, 2.45) is 0 Å². The van der Waals surface area contributed by atoms with E-state index in [9.17, 15) is 9.59 Å². The molecule has 21 heavy (non-hydrogen) atoms. The molecule has 1 aliphatic rings. The van der Waals surface area contributed by atoms with E-state index in [-0.39, 0.29) is 12.5 Å². The van der Waals surface area contributed by atoms with Gasteiger partial charge in [0.2, 0.25) is 5.91 Å². The molecule has 0 aliphatic carbocycles. The number of fused-ring (bicyclic) bond motifs is 1. The van der Waals surface area contributed by atoms with Gasteiger partial charge in [-0.25, -0.2) is 4.79 Å². The summed E-state index contributed by atoms with van der Waals surface area (Å²) in [5, 5.41) is 4.80. The van der Waals surface area contributed by atoms with Gasteiger partial charge in [-0.05, 0) is 36.6 Å². The van der Waals surface area contributed by atoms with Crippen LogP contribution in [-0.4, -0.2) is 31.6 Å². The van der Waals surface area contributed by atoms with Crippen LogP contribution in [-0.2, 0) is 11.2 Å². The largest absolute Gasteiger partial charge is 0.399 e. The number of hydrogen-bond acceptors (Lipinski definition) is 4. The molecule has 3 amide bonds. The maximum Gasteiger partial charge on any atom is 0.321 e. The Kier molecular flexibility index (Phi) is 4.81. The molecule has 1 aliphatic heterocycles. The first kappa shape index (κ1) is 14.9. The standard InChI is InChI=1S/C15H20N4O2/c1-2-7-17-15(21)18-14(20)10-19-8-3-4-11-9-12(16)5-6-13(11)19/h2,5-6,9H,1,3-4,7-8,10,16H2,(H2,17,18,20,21). The van der Waals surface area contributed by atoms with Gasteiger partial charge in [0.1, 0.15) is 0 Å². The Hall–Kier alpha value is -2.50. The van der Waals surface area contributed by atoms with Crippen LogP contribution in [0.2, 0.25) is 0 Å². The van der Waals surface area contributed by atoms with E-state index in [1.165, 1.54) is 0 Å². The molecule has 0 spiro atoms. The lowest BCUT2D eigenvalue weighted by molar-refractivity contribution is -0.118. The first-order chi connectivity index (χ1) is 10.1. The van der Waals surface area contributed by atoms with Gasteiger partial charge >= 0.3 is 6.03 Å². The van der Waals surface area contributed by atoms with Crippen LogP contribution in [0.15, 0.2) is 30.9 Å². The molecule has 0 fully saturated rings. The molecule has 0 saturated heterocycles. The summed E-state index contributed by atoms with van der Waals surface area (Å²) in [4.78, 5) is 25.3. The predicted molar refractivity (Wildman–Crippen MR) is 83.1 cm³/mol. The molecule has 2 rings (SSSR count). The molecule has 0 unspecified atom stereocenters. The van der Waals surface area contributed by atoms with Crippen molar-refractivity contribution >= 4 is 23.3 Å². The topological polar surface area (TPSA) is 87.5 Å². The molecule has 1 heterocycles. The number of imide groups is 1. The van der Waals surface area contributed by atoms with Crippen LogP contribution in [0.25, 0.3) is 0 Å². The van der Waals surface area contributed by atoms with Gasteiger partial charge in [-0.2, -0.15) is 0 Å². The number of hydrogen-bond donors (Lipinski definition) is 3. The minimum Gasteiger partial charge on any atom is -0.399 e. The van der Waals surface area contributed by atoms with Gasteiger partial charge in [-0.15, -0.1) is 6.58 Å². The van der Waals surface area contributed by atoms with Gasteiger partial charge in [0, 0.05) is 24.5 Å². The molecular weight excluding hydrogens is 268 g/mol. The van der Waals surface area contributed by atoms with Crippen molar-refractivity contribution < 1.29 is 9.59 Å². The highest BCUT2D eigenvalue weighted by molar-refractivity contribution is 5.96. The zero-order valence-corrected chi connectivity index (χ0v) is 11.9. The summed E-state index contributed by atoms with van der Waals surface area (Å²) in [6, 6.07) is 5.19. The van der Waals surface area contributed by atoms with Crippen molar-refractivity contribution in [3.05, 3.63) is 36.4 Å². The molecule has 6 nitrogen and oxygen atoms in total. The smallest absolute Gasteiger partial charge is 0.321 e. The third-order valence-corrected chi connectivity index (χ3v) is 3.31. The maximum absolute atomic E-state index is 11.9. The molecule has 0 saturated carbocycles. The fourth-order valence-corrected chi connectivity index (χ4v) is 2.41. The molecular formula is C15H20N4O2. The highest BCUT2D eigenvalue weighted by Gasteiger charge is 2.19.